The van der Waals surface area contributed by atoms with E-state index >= 15 is 0 Å². The molecule has 0 aliphatic heterocycles. The first-order valence-corrected chi connectivity index (χ1v) is 5.19. The summed E-state index contributed by atoms with van der Waals surface area (Å²) < 4.78 is 0. The number of benzene rings is 1. The largest absolute Gasteiger partial charge is 0.0882 e. The van der Waals surface area contributed by atoms with Crippen LogP contribution in [0, 0.1) is 5.92 Å². The molecule has 2 unspecified atom stereocenters. The number of fused-ring (bicyclic) bond motifs is 3. The molecule has 0 nitrogen and oxygen atoms in total. The zero-order valence-electron chi connectivity index (χ0n) is 7.74. The van der Waals surface area contributed by atoms with Gasteiger partial charge in [-0.25, -0.2) is 0 Å². The second-order valence-electron chi connectivity index (χ2n) is 4.18. The third-order valence-electron chi connectivity index (χ3n) is 3.45. The van der Waals surface area contributed by atoms with E-state index in [-0.39, 0.29) is 0 Å². The molecule has 3 rings (SSSR count). The van der Waals surface area contributed by atoms with Crippen molar-refractivity contribution in [3.05, 3.63) is 47.5 Å². The van der Waals surface area contributed by atoms with Gasteiger partial charge in [-0.2, -0.15) is 0 Å². The Balaban J connectivity index is 2.07. The Morgan fingerprint density at radius 1 is 1.15 bits per heavy atom. The second-order valence-corrected chi connectivity index (χ2v) is 4.18. The molecule has 0 heterocycles. The third kappa shape index (κ3) is 1.05. The van der Waals surface area contributed by atoms with E-state index in [1.807, 2.05) is 0 Å². The normalized spacial score (nSPS) is 29.8. The van der Waals surface area contributed by atoms with Gasteiger partial charge in [0.2, 0.25) is 0 Å². The summed E-state index contributed by atoms with van der Waals surface area (Å²) in [6.45, 7) is 0. The predicted molar refractivity (Wildman–Crippen MR) is 54.8 cm³/mol. The van der Waals surface area contributed by atoms with Crippen LogP contribution in [0.25, 0.3) is 0 Å². The minimum atomic E-state index is 0.811. The molecule has 0 heteroatoms. The second kappa shape index (κ2) is 2.73. The monoisotopic (exact) mass is 170 g/mol. The summed E-state index contributed by atoms with van der Waals surface area (Å²) in [6.07, 6.45) is 8.69. The van der Waals surface area contributed by atoms with E-state index in [1.165, 1.54) is 19.3 Å². The van der Waals surface area contributed by atoms with Gasteiger partial charge in [-0.1, -0.05) is 36.4 Å². The van der Waals surface area contributed by atoms with E-state index in [2.05, 4.69) is 36.4 Å². The van der Waals surface area contributed by atoms with Gasteiger partial charge in [0.15, 0.2) is 0 Å². The van der Waals surface area contributed by atoms with E-state index < -0.39 is 0 Å². The summed E-state index contributed by atoms with van der Waals surface area (Å²) in [5, 5.41) is 0. The topological polar surface area (TPSA) is 0 Å². The maximum Gasteiger partial charge on any atom is -0.00901 e. The molecule has 13 heavy (non-hydrogen) atoms. The van der Waals surface area contributed by atoms with Crippen LogP contribution in [0.4, 0.5) is 0 Å². The van der Waals surface area contributed by atoms with E-state index in [4.69, 9.17) is 0 Å². The van der Waals surface area contributed by atoms with Crippen LogP contribution in [0.3, 0.4) is 0 Å². The molecule has 1 aromatic carbocycles. The SMILES string of the molecule is C1=CC2Cc3ccccc3C2CC1. The lowest BCUT2D eigenvalue weighted by Crippen LogP contribution is -2.08. The van der Waals surface area contributed by atoms with Crippen molar-refractivity contribution in [2.75, 3.05) is 0 Å². The van der Waals surface area contributed by atoms with Gasteiger partial charge in [0, 0.05) is 0 Å². The lowest BCUT2D eigenvalue weighted by Gasteiger charge is -2.20. The van der Waals surface area contributed by atoms with Gasteiger partial charge in [-0.05, 0) is 42.2 Å². The highest BCUT2D eigenvalue weighted by atomic mass is 14.3. The maximum absolute atomic E-state index is 2.42. The number of hydrogen-bond donors (Lipinski definition) is 0. The predicted octanol–water partition coefficient (Wildman–Crippen LogP) is 3.29. The van der Waals surface area contributed by atoms with E-state index in [0.29, 0.717) is 0 Å². The van der Waals surface area contributed by atoms with Crippen LogP contribution >= 0.6 is 0 Å². The zero-order valence-corrected chi connectivity index (χ0v) is 7.74. The Kier molecular flexibility index (Phi) is 1.55. The molecule has 0 fully saturated rings. The fourth-order valence-corrected chi connectivity index (χ4v) is 2.83. The summed E-state index contributed by atoms with van der Waals surface area (Å²) >= 11 is 0. The van der Waals surface area contributed by atoms with Gasteiger partial charge in [-0.15, -0.1) is 0 Å². The zero-order chi connectivity index (χ0) is 8.67. The molecule has 0 N–H and O–H groups in total. The standard InChI is InChI=1S/C13H14/c1-3-7-12-10(5-1)9-11-6-2-4-8-13(11)12/h1-3,5-7,11,13H,4,8-9H2. The molecule has 1 aromatic rings. The molecule has 0 spiro atoms. The molecule has 0 bridgehead atoms. The Morgan fingerprint density at radius 3 is 3.08 bits per heavy atom. The van der Waals surface area contributed by atoms with Gasteiger partial charge in [0.25, 0.3) is 0 Å². The van der Waals surface area contributed by atoms with Crippen molar-refractivity contribution in [2.45, 2.75) is 25.2 Å². The molecule has 0 radical (unpaired) electrons. The molecular weight excluding hydrogens is 156 g/mol. The smallest absolute Gasteiger partial charge is 0.00901 e. The minimum Gasteiger partial charge on any atom is -0.0882 e. The van der Waals surface area contributed by atoms with Gasteiger partial charge >= 0.3 is 0 Å². The van der Waals surface area contributed by atoms with Crippen LogP contribution in [0.5, 0.6) is 0 Å². The lowest BCUT2D eigenvalue weighted by atomic mass is 9.84. The summed E-state index contributed by atoms with van der Waals surface area (Å²) in [6, 6.07) is 8.96. The Labute approximate surface area is 79.3 Å². The van der Waals surface area contributed by atoms with Gasteiger partial charge in [0.1, 0.15) is 0 Å². The first-order chi connectivity index (χ1) is 6.45. The fourth-order valence-electron chi connectivity index (χ4n) is 2.83. The quantitative estimate of drug-likeness (QED) is 0.524. The average molecular weight is 170 g/mol. The third-order valence-corrected chi connectivity index (χ3v) is 3.45. The van der Waals surface area contributed by atoms with Crippen LogP contribution in [0.15, 0.2) is 36.4 Å². The average Bonchev–Trinajstić information content (AvgIpc) is 2.56. The van der Waals surface area contributed by atoms with Crippen molar-refractivity contribution in [3.8, 4) is 0 Å². The minimum absolute atomic E-state index is 0.811. The number of allylic oxidation sites excluding steroid dienone is 2. The molecule has 2 aliphatic carbocycles. The Bertz CT molecular complexity index is 349. The van der Waals surface area contributed by atoms with Gasteiger partial charge in [-0.3, -0.25) is 0 Å². The molecule has 2 aliphatic rings. The van der Waals surface area contributed by atoms with Gasteiger partial charge < -0.3 is 0 Å². The van der Waals surface area contributed by atoms with Crippen LogP contribution in [-0.2, 0) is 6.42 Å². The molecule has 0 saturated carbocycles. The van der Waals surface area contributed by atoms with Crippen molar-refractivity contribution in [2.24, 2.45) is 5.92 Å². The van der Waals surface area contributed by atoms with E-state index in [0.717, 1.165) is 11.8 Å². The highest BCUT2D eigenvalue weighted by molar-refractivity contribution is 5.38. The van der Waals surface area contributed by atoms with Crippen LogP contribution < -0.4 is 0 Å². The van der Waals surface area contributed by atoms with Crippen LogP contribution in [0.2, 0.25) is 0 Å². The summed E-state index contributed by atoms with van der Waals surface area (Å²) in [4.78, 5) is 0. The summed E-state index contributed by atoms with van der Waals surface area (Å²) in [7, 11) is 0. The highest BCUT2D eigenvalue weighted by Crippen LogP contribution is 2.43. The Hall–Kier alpha value is -1.04. The lowest BCUT2D eigenvalue weighted by molar-refractivity contribution is 0.496. The number of hydrogen-bond acceptors (Lipinski definition) is 0. The first kappa shape index (κ1) is 7.37. The molecule has 2 atom stereocenters. The van der Waals surface area contributed by atoms with Crippen LogP contribution in [0.1, 0.15) is 29.9 Å². The number of rotatable bonds is 0. The van der Waals surface area contributed by atoms with E-state index in [9.17, 15) is 0 Å². The van der Waals surface area contributed by atoms with Crippen LogP contribution in [-0.4, -0.2) is 0 Å². The maximum atomic E-state index is 2.42. The van der Waals surface area contributed by atoms with Gasteiger partial charge in [0.05, 0.1) is 0 Å². The molecular formula is C13H14. The first-order valence-electron chi connectivity index (χ1n) is 5.19. The molecule has 0 amide bonds. The fraction of sp³-hybridized carbons (Fsp3) is 0.385. The highest BCUT2D eigenvalue weighted by Gasteiger charge is 2.31. The summed E-state index contributed by atoms with van der Waals surface area (Å²) in [5.74, 6) is 1.65. The Morgan fingerprint density at radius 2 is 2.08 bits per heavy atom. The molecule has 0 saturated heterocycles. The molecule has 0 aromatic heterocycles. The van der Waals surface area contributed by atoms with Crippen molar-refractivity contribution >= 4 is 0 Å². The van der Waals surface area contributed by atoms with Crippen molar-refractivity contribution in [1.29, 1.82) is 0 Å². The van der Waals surface area contributed by atoms with E-state index in [1.54, 1.807) is 11.1 Å². The van der Waals surface area contributed by atoms with Crippen molar-refractivity contribution in [3.63, 3.8) is 0 Å². The van der Waals surface area contributed by atoms with Crippen molar-refractivity contribution < 1.29 is 0 Å². The molecule has 66 valence electrons. The van der Waals surface area contributed by atoms with Crippen molar-refractivity contribution in [1.82, 2.24) is 0 Å². The summed E-state index contributed by atoms with van der Waals surface area (Å²) in [5.41, 5.74) is 3.21.